The Morgan fingerprint density at radius 1 is 0.857 bits per heavy atom. The van der Waals surface area contributed by atoms with Crippen LogP contribution in [0.3, 0.4) is 0 Å². The zero-order valence-corrected chi connectivity index (χ0v) is 14.8. The Kier molecular flexibility index (Phi) is 4.16. The van der Waals surface area contributed by atoms with Gasteiger partial charge in [0.2, 0.25) is 0 Å². The van der Waals surface area contributed by atoms with Gasteiger partial charge in [0.25, 0.3) is 0 Å². The zero-order valence-electron chi connectivity index (χ0n) is 11.6. The first-order valence-electron chi connectivity index (χ1n) is 6.76. The Hall–Kier alpha value is -1.16. The van der Waals surface area contributed by atoms with Crippen LogP contribution in [0.5, 0.6) is 0 Å². The van der Waals surface area contributed by atoms with E-state index in [1.807, 2.05) is 12.1 Å². The van der Waals surface area contributed by atoms with Gasteiger partial charge in [0, 0.05) is 8.95 Å². The van der Waals surface area contributed by atoms with Crippen molar-refractivity contribution < 1.29 is 0 Å². The summed E-state index contributed by atoms with van der Waals surface area (Å²) in [5, 5.41) is 2.48. The molecule has 1 unspecified atom stereocenters. The lowest BCUT2D eigenvalue weighted by Crippen LogP contribution is -2.13. The maximum atomic E-state index is 6.54. The van der Waals surface area contributed by atoms with E-state index in [0.29, 0.717) is 0 Å². The van der Waals surface area contributed by atoms with Crippen molar-refractivity contribution in [2.45, 2.75) is 13.0 Å². The van der Waals surface area contributed by atoms with Gasteiger partial charge in [-0.25, -0.2) is 0 Å². The van der Waals surface area contributed by atoms with Gasteiger partial charge < -0.3 is 5.73 Å². The second kappa shape index (κ2) is 5.91. The number of aryl methyl sites for hydroxylation is 1. The minimum atomic E-state index is -0.155. The van der Waals surface area contributed by atoms with Gasteiger partial charge in [-0.1, -0.05) is 74.3 Å². The highest BCUT2D eigenvalue weighted by atomic mass is 79.9. The van der Waals surface area contributed by atoms with Crippen molar-refractivity contribution in [1.29, 1.82) is 0 Å². The molecule has 106 valence electrons. The van der Waals surface area contributed by atoms with E-state index in [9.17, 15) is 0 Å². The summed E-state index contributed by atoms with van der Waals surface area (Å²) in [6.45, 7) is 2.13. The summed E-state index contributed by atoms with van der Waals surface area (Å²) in [5.41, 5.74) is 10.1. The topological polar surface area (TPSA) is 26.0 Å². The van der Waals surface area contributed by atoms with Gasteiger partial charge in [0.15, 0.2) is 0 Å². The molecule has 0 heterocycles. The second-order valence-electron chi connectivity index (χ2n) is 5.16. The predicted molar refractivity (Wildman–Crippen MR) is 96.6 cm³/mol. The molecule has 0 aliphatic rings. The molecule has 0 spiro atoms. The summed E-state index contributed by atoms with van der Waals surface area (Å²) in [4.78, 5) is 0. The molecule has 3 aromatic rings. The van der Waals surface area contributed by atoms with Gasteiger partial charge in [-0.15, -0.1) is 0 Å². The second-order valence-corrected chi connectivity index (χ2v) is 6.93. The summed E-state index contributed by atoms with van der Waals surface area (Å²) >= 11 is 7.09. The maximum Gasteiger partial charge on any atom is 0.0568 e. The number of nitrogens with two attached hydrogens (primary N) is 1. The highest BCUT2D eigenvalue weighted by Crippen LogP contribution is 2.33. The summed E-state index contributed by atoms with van der Waals surface area (Å²) in [6, 6.07) is 18.7. The maximum absolute atomic E-state index is 6.54. The van der Waals surface area contributed by atoms with Crippen molar-refractivity contribution in [2.75, 3.05) is 0 Å². The van der Waals surface area contributed by atoms with E-state index in [1.54, 1.807) is 0 Å². The molecule has 0 saturated heterocycles. The Morgan fingerprint density at radius 3 is 2.24 bits per heavy atom. The van der Waals surface area contributed by atoms with Crippen molar-refractivity contribution in [3.63, 3.8) is 0 Å². The third-order valence-corrected chi connectivity index (χ3v) is 4.99. The molecule has 3 heteroatoms. The molecule has 0 radical (unpaired) electrons. The van der Waals surface area contributed by atoms with Gasteiger partial charge >= 0.3 is 0 Å². The molecular formula is C18H15Br2N. The molecule has 3 rings (SSSR count). The molecule has 0 aromatic heterocycles. The summed E-state index contributed by atoms with van der Waals surface area (Å²) in [5.74, 6) is 0. The molecule has 1 nitrogen and oxygen atoms in total. The molecule has 0 fully saturated rings. The minimum absolute atomic E-state index is 0.155. The van der Waals surface area contributed by atoms with E-state index in [0.717, 1.165) is 20.1 Å². The predicted octanol–water partition coefficient (Wildman–Crippen LogP) is 5.72. The van der Waals surface area contributed by atoms with E-state index in [2.05, 4.69) is 81.2 Å². The number of halogens is 2. The largest absolute Gasteiger partial charge is 0.320 e. The number of hydrogen-bond acceptors (Lipinski definition) is 1. The number of benzene rings is 3. The molecule has 0 bridgehead atoms. The van der Waals surface area contributed by atoms with Crippen LogP contribution in [-0.4, -0.2) is 0 Å². The Balaban J connectivity index is 2.18. The van der Waals surface area contributed by atoms with E-state index in [1.165, 1.54) is 16.3 Å². The van der Waals surface area contributed by atoms with Gasteiger partial charge in [-0.2, -0.15) is 0 Å². The van der Waals surface area contributed by atoms with Crippen LogP contribution in [0, 0.1) is 6.92 Å². The van der Waals surface area contributed by atoms with Gasteiger partial charge in [0.1, 0.15) is 0 Å². The first-order chi connectivity index (χ1) is 10.1. The lowest BCUT2D eigenvalue weighted by Gasteiger charge is -2.18. The van der Waals surface area contributed by atoms with Crippen LogP contribution >= 0.6 is 31.9 Å². The smallest absolute Gasteiger partial charge is 0.0568 e. The molecule has 0 aliphatic carbocycles. The van der Waals surface area contributed by atoms with Crippen LogP contribution < -0.4 is 5.73 Å². The lowest BCUT2D eigenvalue weighted by atomic mass is 9.92. The Labute approximate surface area is 141 Å². The fourth-order valence-corrected chi connectivity index (χ4v) is 3.96. The van der Waals surface area contributed by atoms with Crippen LogP contribution in [0.25, 0.3) is 10.8 Å². The minimum Gasteiger partial charge on any atom is -0.320 e. The SMILES string of the molecule is Cc1ccc(C(N)c2ccc(Br)cc2Br)c2ccccc12. The molecule has 1 atom stereocenters. The number of rotatable bonds is 2. The highest BCUT2D eigenvalue weighted by molar-refractivity contribution is 9.11. The quantitative estimate of drug-likeness (QED) is 0.580. The average Bonchev–Trinajstić information content (AvgIpc) is 2.47. The van der Waals surface area contributed by atoms with Crippen molar-refractivity contribution in [2.24, 2.45) is 5.73 Å². The molecular weight excluding hydrogens is 390 g/mol. The van der Waals surface area contributed by atoms with E-state index in [-0.39, 0.29) is 6.04 Å². The van der Waals surface area contributed by atoms with Crippen LogP contribution in [0.2, 0.25) is 0 Å². The fraction of sp³-hybridized carbons (Fsp3) is 0.111. The third-order valence-electron chi connectivity index (χ3n) is 3.81. The van der Waals surface area contributed by atoms with Crippen LogP contribution in [0.1, 0.15) is 22.7 Å². The normalized spacial score (nSPS) is 12.6. The van der Waals surface area contributed by atoms with Crippen molar-refractivity contribution >= 4 is 42.6 Å². The zero-order chi connectivity index (χ0) is 15.0. The average molecular weight is 405 g/mol. The fourth-order valence-electron chi connectivity index (χ4n) is 2.67. The summed E-state index contributed by atoms with van der Waals surface area (Å²) in [7, 11) is 0. The first-order valence-corrected chi connectivity index (χ1v) is 8.35. The standard InChI is InChI=1S/C18H15Br2N/c1-11-6-8-15(14-5-3-2-4-13(11)14)18(21)16-9-7-12(19)10-17(16)20/h2-10,18H,21H2,1H3. The van der Waals surface area contributed by atoms with Crippen LogP contribution in [0.15, 0.2) is 63.5 Å². The van der Waals surface area contributed by atoms with Crippen LogP contribution in [-0.2, 0) is 0 Å². The molecule has 21 heavy (non-hydrogen) atoms. The molecule has 0 amide bonds. The van der Waals surface area contributed by atoms with E-state index in [4.69, 9.17) is 5.73 Å². The molecule has 3 aromatic carbocycles. The Bertz CT molecular complexity index is 811. The molecule has 2 N–H and O–H groups in total. The number of hydrogen-bond donors (Lipinski definition) is 1. The van der Waals surface area contributed by atoms with E-state index < -0.39 is 0 Å². The summed E-state index contributed by atoms with van der Waals surface area (Å²) < 4.78 is 2.06. The molecule has 0 aliphatic heterocycles. The monoisotopic (exact) mass is 403 g/mol. The van der Waals surface area contributed by atoms with Crippen molar-refractivity contribution in [3.8, 4) is 0 Å². The lowest BCUT2D eigenvalue weighted by molar-refractivity contribution is 0.874. The van der Waals surface area contributed by atoms with Crippen LogP contribution in [0.4, 0.5) is 0 Å². The Morgan fingerprint density at radius 2 is 1.52 bits per heavy atom. The molecule has 0 saturated carbocycles. The highest BCUT2D eigenvalue weighted by Gasteiger charge is 2.15. The van der Waals surface area contributed by atoms with Crippen molar-refractivity contribution in [1.82, 2.24) is 0 Å². The number of fused-ring (bicyclic) bond motifs is 1. The van der Waals surface area contributed by atoms with E-state index >= 15 is 0 Å². The van der Waals surface area contributed by atoms with Gasteiger partial charge in [-0.05, 0) is 46.5 Å². The van der Waals surface area contributed by atoms with Gasteiger partial charge in [-0.3, -0.25) is 0 Å². The first kappa shape index (κ1) is 14.8. The summed E-state index contributed by atoms with van der Waals surface area (Å²) in [6.07, 6.45) is 0. The third kappa shape index (κ3) is 2.78. The van der Waals surface area contributed by atoms with Gasteiger partial charge in [0.05, 0.1) is 6.04 Å². The van der Waals surface area contributed by atoms with Crippen molar-refractivity contribution in [3.05, 3.63) is 80.2 Å².